The van der Waals surface area contributed by atoms with E-state index in [4.69, 9.17) is 9.15 Å². The summed E-state index contributed by atoms with van der Waals surface area (Å²) in [7, 11) is -2.76. The zero-order valence-electron chi connectivity index (χ0n) is 15.9. The van der Waals surface area contributed by atoms with E-state index >= 15 is 0 Å². The van der Waals surface area contributed by atoms with Crippen molar-refractivity contribution < 1.29 is 22.4 Å². The Labute approximate surface area is 182 Å². The fraction of sp³-hybridized carbons (Fsp3) is 0.100. The van der Waals surface area contributed by atoms with Crippen molar-refractivity contribution in [3.63, 3.8) is 0 Å². The van der Waals surface area contributed by atoms with Gasteiger partial charge in [-0.05, 0) is 42.5 Å². The van der Waals surface area contributed by atoms with E-state index in [0.717, 1.165) is 4.31 Å². The van der Waals surface area contributed by atoms with Crippen molar-refractivity contribution in [3.8, 4) is 5.75 Å². The minimum atomic E-state index is -4.14. The Balaban J connectivity index is 1.91. The molecule has 0 radical (unpaired) electrons. The Hall–Kier alpha value is -3.11. The first kappa shape index (κ1) is 21.6. The number of furan rings is 1. The van der Waals surface area contributed by atoms with E-state index in [2.05, 4.69) is 26.5 Å². The van der Waals surface area contributed by atoms with Crippen molar-refractivity contribution in [2.24, 2.45) is 5.10 Å². The lowest BCUT2D eigenvalue weighted by atomic mass is 10.3. The molecule has 0 aliphatic rings. The van der Waals surface area contributed by atoms with Gasteiger partial charge in [0.1, 0.15) is 22.9 Å². The Morgan fingerprint density at radius 1 is 1.20 bits per heavy atom. The molecule has 0 saturated carbocycles. The molecule has 1 heterocycles. The molecule has 1 N–H and O–H groups in total. The van der Waals surface area contributed by atoms with E-state index in [9.17, 15) is 13.2 Å². The second-order valence-electron chi connectivity index (χ2n) is 5.95. The van der Waals surface area contributed by atoms with Gasteiger partial charge in [0, 0.05) is 4.47 Å². The minimum Gasteiger partial charge on any atom is -0.495 e. The maximum absolute atomic E-state index is 13.5. The van der Waals surface area contributed by atoms with Crippen molar-refractivity contribution >= 4 is 43.8 Å². The van der Waals surface area contributed by atoms with Gasteiger partial charge in [0.15, 0.2) is 0 Å². The summed E-state index contributed by atoms with van der Waals surface area (Å²) >= 11 is 3.28. The molecule has 0 saturated heterocycles. The Kier molecular flexibility index (Phi) is 6.91. The summed E-state index contributed by atoms with van der Waals surface area (Å²) in [5.74, 6) is -0.0173. The first-order valence-electron chi connectivity index (χ1n) is 8.68. The van der Waals surface area contributed by atoms with Crippen LogP contribution in [0.2, 0.25) is 0 Å². The number of anilines is 1. The minimum absolute atomic E-state index is 0.0740. The maximum Gasteiger partial charge on any atom is 0.268 e. The van der Waals surface area contributed by atoms with Crippen LogP contribution in [0.15, 0.2) is 85.8 Å². The molecule has 3 rings (SSSR count). The van der Waals surface area contributed by atoms with Crippen molar-refractivity contribution in [2.45, 2.75) is 4.90 Å². The maximum atomic E-state index is 13.5. The van der Waals surface area contributed by atoms with E-state index in [-0.39, 0.29) is 10.6 Å². The van der Waals surface area contributed by atoms with E-state index in [1.807, 2.05) is 0 Å². The molecule has 1 aromatic heterocycles. The topological polar surface area (TPSA) is 101 Å². The number of carbonyl (C=O) groups excluding carboxylic acids is 1. The number of halogens is 1. The number of rotatable bonds is 8. The summed E-state index contributed by atoms with van der Waals surface area (Å²) in [6.07, 6.45) is 2.79. The van der Waals surface area contributed by atoms with Gasteiger partial charge in [-0.2, -0.15) is 5.10 Å². The normalized spacial score (nSPS) is 11.4. The summed E-state index contributed by atoms with van der Waals surface area (Å²) in [5, 5.41) is 3.79. The van der Waals surface area contributed by atoms with Gasteiger partial charge in [-0.25, -0.2) is 13.8 Å². The van der Waals surface area contributed by atoms with Crippen LogP contribution >= 0.6 is 15.9 Å². The van der Waals surface area contributed by atoms with Crippen LogP contribution in [-0.4, -0.2) is 34.2 Å². The van der Waals surface area contributed by atoms with Crippen LogP contribution < -0.4 is 14.5 Å². The van der Waals surface area contributed by atoms with Crippen molar-refractivity contribution in [2.75, 3.05) is 18.0 Å². The average molecular weight is 492 g/mol. The number of sulfonamides is 1. The number of para-hydroxylation sites is 1. The molecule has 0 atom stereocenters. The number of hydrogen-bond acceptors (Lipinski definition) is 6. The summed E-state index contributed by atoms with van der Waals surface area (Å²) in [5.41, 5.74) is 2.63. The zero-order chi connectivity index (χ0) is 21.6. The van der Waals surface area contributed by atoms with Gasteiger partial charge in [0.2, 0.25) is 0 Å². The molecule has 0 fully saturated rings. The van der Waals surface area contributed by atoms with Gasteiger partial charge in [0.05, 0.1) is 25.3 Å². The largest absolute Gasteiger partial charge is 0.495 e. The van der Waals surface area contributed by atoms with Crippen molar-refractivity contribution in [1.82, 2.24) is 5.43 Å². The lowest BCUT2D eigenvalue weighted by molar-refractivity contribution is -0.119. The molecule has 0 unspecified atom stereocenters. The number of nitrogens with zero attached hydrogens (tertiary/aromatic N) is 2. The molecule has 0 bridgehead atoms. The lowest BCUT2D eigenvalue weighted by Crippen LogP contribution is -2.39. The van der Waals surface area contributed by atoms with E-state index in [1.54, 1.807) is 48.5 Å². The Morgan fingerprint density at radius 3 is 2.63 bits per heavy atom. The number of nitrogens with one attached hydrogen (secondary N) is 1. The fourth-order valence-corrected chi connectivity index (χ4v) is 4.70. The zero-order valence-corrected chi connectivity index (χ0v) is 18.3. The molecule has 0 aliphatic heterocycles. The highest BCUT2D eigenvalue weighted by Gasteiger charge is 2.30. The van der Waals surface area contributed by atoms with Crippen LogP contribution in [0.3, 0.4) is 0 Å². The Morgan fingerprint density at radius 2 is 1.97 bits per heavy atom. The number of benzene rings is 2. The number of hydrogen-bond donors (Lipinski definition) is 1. The number of methoxy groups -OCH3 is 1. The molecule has 10 heteroatoms. The van der Waals surface area contributed by atoms with Crippen molar-refractivity contribution in [1.29, 1.82) is 0 Å². The fourth-order valence-electron chi connectivity index (χ4n) is 2.58. The number of carbonyl (C=O) groups is 1. The van der Waals surface area contributed by atoms with Crippen LogP contribution in [0, 0.1) is 0 Å². The average Bonchev–Trinajstić information content (AvgIpc) is 3.26. The summed E-state index contributed by atoms with van der Waals surface area (Å²) in [6, 6.07) is 16.3. The van der Waals surface area contributed by atoms with Crippen LogP contribution in [0.1, 0.15) is 5.76 Å². The van der Waals surface area contributed by atoms with Crippen LogP contribution in [0.5, 0.6) is 5.75 Å². The summed E-state index contributed by atoms with van der Waals surface area (Å²) in [4.78, 5) is 12.4. The Bertz CT molecular complexity index is 1130. The molecule has 0 spiro atoms. The number of amides is 1. The van der Waals surface area contributed by atoms with Crippen molar-refractivity contribution in [3.05, 3.63) is 77.2 Å². The second-order valence-corrected chi connectivity index (χ2v) is 8.70. The molecular formula is C20H18BrN3O5S. The number of hydrazone groups is 1. The van der Waals surface area contributed by atoms with Gasteiger partial charge >= 0.3 is 0 Å². The monoisotopic (exact) mass is 491 g/mol. The highest BCUT2D eigenvalue weighted by molar-refractivity contribution is 9.10. The van der Waals surface area contributed by atoms with E-state index in [0.29, 0.717) is 15.9 Å². The third-order valence-electron chi connectivity index (χ3n) is 3.95. The smallest absolute Gasteiger partial charge is 0.268 e. The molecule has 2 aromatic carbocycles. The third-order valence-corrected chi connectivity index (χ3v) is 6.24. The molecule has 156 valence electrons. The molecular weight excluding hydrogens is 474 g/mol. The van der Waals surface area contributed by atoms with Gasteiger partial charge in [-0.3, -0.25) is 9.10 Å². The van der Waals surface area contributed by atoms with Gasteiger partial charge in [-0.1, -0.05) is 34.1 Å². The van der Waals surface area contributed by atoms with Gasteiger partial charge < -0.3 is 9.15 Å². The SMILES string of the molecule is COc1ccc(Br)cc1S(=O)(=O)N(CC(=O)N/N=C\c1ccco1)c1ccccc1. The van der Waals surface area contributed by atoms with E-state index in [1.165, 1.54) is 31.7 Å². The molecule has 1 amide bonds. The number of ether oxygens (including phenoxy) is 1. The highest BCUT2D eigenvalue weighted by atomic mass is 79.9. The van der Waals surface area contributed by atoms with Crippen LogP contribution in [0.4, 0.5) is 5.69 Å². The summed E-state index contributed by atoms with van der Waals surface area (Å²) < 4.78 is 38.8. The van der Waals surface area contributed by atoms with Crippen LogP contribution in [-0.2, 0) is 14.8 Å². The van der Waals surface area contributed by atoms with E-state index < -0.39 is 22.5 Å². The highest BCUT2D eigenvalue weighted by Crippen LogP contribution is 2.32. The molecule has 30 heavy (non-hydrogen) atoms. The molecule has 3 aromatic rings. The lowest BCUT2D eigenvalue weighted by Gasteiger charge is -2.24. The second kappa shape index (κ2) is 9.59. The first-order chi connectivity index (χ1) is 14.4. The predicted octanol–water partition coefficient (Wildman–Crippen LogP) is 3.40. The quantitative estimate of drug-likeness (QED) is 0.384. The van der Waals surface area contributed by atoms with Crippen LogP contribution in [0.25, 0.3) is 0 Å². The predicted molar refractivity (Wildman–Crippen MR) is 116 cm³/mol. The standard InChI is InChI=1S/C20H18BrN3O5S/c1-28-18-10-9-15(21)12-19(18)30(26,27)24(16-6-3-2-4-7-16)14-20(25)23-22-13-17-8-5-11-29-17/h2-13H,14H2,1H3,(H,23,25)/b22-13-. The molecule has 0 aliphatic carbocycles. The van der Waals surface area contributed by atoms with Gasteiger partial charge in [0.25, 0.3) is 15.9 Å². The molecule has 8 nitrogen and oxygen atoms in total. The summed E-state index contributed by atoms with van der Waals surface area (Å²) in [6.45, 7) is -0.489. The third kappa shape index (κ3) is 5.08. The first-order valence-corrected chi connectivity index (χ1v) is 10.9. The van der Waals surface area contributed by atoms with Gasteiger partial charge in [-0.15, -0.1) is 0 Å².